The minimum Gasteiger partial charge on any atom is -0.410 e. The molecule has 1 aromatic rings. The Labute approximate surface area is 52.1 Å². The van der Waals surface area contributed by atoms with Crippen LogP contribution < -0.4 is 5.49 Å². The van der Waals surface area contributed by atoms with Crippen LogP contribution in [0.1, 0.15) is 0 Å². The van der Waals surface area contributed by atoms with Gasteiger partial charge in [-0.3, -0.25) is 4.99 Å². The summed E-state index contributed by atoms with van der Waals surface area (Å²) in [4.78, 5) is 4.44. The molecule has 0 aliphatic heterocycles. The number of hydrogen-bond acceptors (Lipinski definition) is 3. The molecule has 9 heavy (non-hydrogen) atoms. The summed E-state index contributed by atoms with van der Waals surface area (Å²) < 4.78 is 0. The predicted molar refractivity (Wildman–Crippen MR) is 30.9 cm³/mol. The quantitative estimate of drug-likeness (QED) is 0.482. The highest BCUT2D eigenvalue weighted by Crippen LogP contribution is 1.67. The molecule has 0 aliphatic carbocycles. The van der Waals surface area contributed by atoms with Crippen molar-refractivity contribution in [3.05, 3.63) is 23.8 Å². The minimum absolute atomic E-state index is 0.442. The van der Waals surface area contributed by atoms with Gasteiger partial charge in [-0.25, -0.2) is 0 Å². The third-order valence-electron chi connectivity index (χ3n) is 0.941. The zero-order valence-corrected chi connectivity index (χ0v) is 5.02. The zero-order valence-electron chi connectivity index (χ0n) is 5.02. The van der Waals surface area contributed by atoms with Gasteiger partial charge in [-0.2, -0.15) is 0 Å². The molecule has 0 aromatic carbocycles. The fraction of sp³-hybridized carbons (Fsp3) is 0.200. The summed E-state index contributed by atoms with van der Waals surface area (Å²) in [5.41, 5.74) is 0.442. The van der Waals surface area contributed by atoms with E-state index in [0.29, 0.717) is 5.49 Å². The topological polar surface area (TPSA) is 50.4 Å². The predicted octanol–water partition coefficient (Wildman–Crippen LogP) is -0.349. The van der Waals surface area contributed by atoms with Gasteiger partial charge in [-0.1, -0.05) is 4.85 Å². The molecular formula is C5H7N3O. The summed E-state index contributed by atoms with van der Waals surface area (Å²) in [7, 11) is 1.59. The van der Waals surface area contributed by atoms with Crippen LogP contribution in [0, 0.1) is 0 Å². The summed E-state index contributed by atoms with van der Waals surface area (Å²) in [5.74, 6) is 0. The SMILES string of the molecule is CN=c1cccnn1O. The maximum atomic E-state index is 8.82. The number of aromatic nitrogens is 2. The Balaban J connectivity index is 3.33. The summed E-state index contributed by atoms with van der Waals surface area (Å²) >= 11 is 0. The third kappa shape index (κ3) is 1.07. The lowest BCUT2D eigenvalue weighted by Crippen LogP contribution is -2.19. The summed E-state index contributed by atoms with van der Waals surface area (Å²) in [6.45, 7) is 0. The second-order valence-corrected chi connectivity index (χ2v) is 1.49. The van der Waals surface area contributed by atoms with E-state index in [2.05, 4.69) is 10.1 Å². The Bertz CT molecular complexity index is 252. The van der Waals surface area contributed by atoms with Crippen molar-refractivity contribution in [2.75, 3.05) is 7.05 Å². The van der Waals surface area contributed by atoms with Crippen LogP contribution in [-0.2, 0) is 0 Å². The molecule has 0 fully saturated rings. The monoisotopic (exact) mass is 125 g/mol. The van der Waals surface area contributed by atoms with Gasteiger partial charge in [0, 0.05) is 7.05 Å². The van der Waals surface area contributed by atoms with Crippen LogP contribution in [0.2, 0.25) is 0 Å². The maximum absolute atomic E-state index is 8.82. The first kappa shape index (κ1) is 5.81. The van der Waals surface area contributed by atoms with E-state index < -0.39 is 0 Å². The standard InChI is InChI=1S/C5H7N3O/c1-6-5-3-2-4-7-8(5)9/h2-4,9H,1H3. The number of rotatable bonds is 0. The second kappa shape index (κ2) is 2.30. The average Bonchev–Trinajstić information content (AvgIpc) is 1.89. The largest absolute Gasteiger partial charge is 0.410 e. The van der Waals surface area contributed by atoms with Gasteiger partial charge in [0.15, 0.2) is 5.49 Å². The third-order valence-corrected chi connectivity index (χ3v) is 0.941. The van der Waals surface area contributed by atoms with E-state index in [1.807, 2.05) is 0 Å². The van der Waals surface area contributed by atoms with Gasteiger partial charge in [-0.15, -0.1) is 5.10 Å². The second-order valence-electron chi connectivity index (χ2n) is 1.49. The molecule has 0 spiro atoms. The van der Waals surface area contributed by atoms with Crippen molar-refractivity contribution in [3.63, 3.8) is 0 Å². The van der Waals surface area contributed by atoms with Gasteiger partial charge in [0.05, 0.1) is 6.20 Å². The molecule has 4 heteroatoms. The number of nitrogens with zero attached hydrogens (tertiary/aromatic N) is 3. The molecule has 0 bridgehead atoms. The lowest BCUT2D eigenvalue weighted by molar-refractivity contribution is 0.131. The fourth-order valence-electron chi connectivity index (χ4n) is 0.521. The van der Waals surface area contributed by atoms with Gasteiger partial charge in [0.1, 0.15) is 0 Å². The molecule has 1 aromatic heterocycles. The first-order chi connectivity index (χ1) is 4.34. The lowest BCUT2D eigenvalue weighted by atomic mass is 10.6. The summed E-state index contributed by atoms with van der Waals surface area (Å²) in [6, 6.07) is 3.36. The van der Waals surface area contributed by atoms with E-state index in [0.717, 1.165) is 4.85 Å². The van der Waals surface area contributed by atoms with Crippen molar-refractivity contribution >= 4 is 0 Å². The normalized spacial score (nSPS) is 11.9. The molecule has 48 valence electrons. The van der Waals surface area contributed by atoms with Crippen molar-refractivity contribution in [2.24, 2.45) is 4.99 Å². The van der Waals surface area contributed by atoms with Crippen LogP contribution in [0.25, 0.3) is 0 Å². The Morgan fingerprint density at radius 1 is 1.78 bits per heavy atom. The molecule has 1 N–H and O–H groups in total. The van der Waals surface area contributed by atoms with Crippen LogP contribution in [0.3, 0.4) is 0 Å². The van der Waals surface area contributed by atoms with Gasteiger partial charge in [0.25, 0.3) is 0 Å². The van der Waals surface area contributed by atoms with Crippen LogP contribution in [0.5, 0.6) is 0 Å². The Morgan fingerprint density at radius 2 is 2.56 bits per heavy atom. The van der Waals surface area contributed by atoms with Crippen molar-refractivity contribution in [3.8, 4) is 0 Å². The van der Waals surface area contributed by atoms with Crippen LogP contribution >= 0.6 is 0 Å². The molecule has 0 aliphatic rings. The molecule has 0 saturated carbocycles. The first-order valence-corrected chi connectivity index (χ1v) is 2.51. The average molecular weight is 125 g/mol. The van der Waals surface area contributed by atoms with Crippen molar-refractivity contribution < 1.29 is 5.21 Å². The highest BCUT2D eigenvalue weighted by Gasteiger charge is 1.82. The minimum atomic E-state index is 0.442. The van der Waals surface area contributed by atoms with E-state index in [4.69, 9.17) is 5.21 Å². The van der Waals surface area contributed by atoms with Crippen molar-refractivity contribution in [2.45, 2.75) is 0 Å². The maximum Gasteiger partial charge on any atom is 0.184 e. The van der Waals surface area contributed by atoms with Gasteiger partial charge in [-0.05, 0) is 12.1 Å². The highest BCUT2D eigenvalue weighted by atomic mass is 16.5. The molecular weight excluding hydrogens is 118 g/mol. The van der Waals surface area contributed by atoms with Crippen LogP contribution in [0.4, 0.5) is 0 Å². The molecule has 0 atom stereocenters. The van der Waals surface area contributed by atoms with Crippen molar-refractivity contribution in [1.29, 1.82) is 0 Å². The van der Waals surface area contributed by atoms with Gasteiger partial charge < -0.3 is 5.21 Å². The van der Waals surface area contributed by atoms with E-state index >= 15 is 0 Å². The Morgan fingerprint density at radius 3 is 3.00 bits per heavy atom. The van der Waals surface area contributed by atoms with Gasteiger partial charge in [0.2, 0.25) is 0 Å². The lowest BCUT2D eigenvalue weighted by Gasteiger charge is -1.91. The molecule has 0 radical (unpaired) electrons. The van der Waals surface area contributed by atoms with E-state index in [-0.39, 0.29) is 0 Å². The first-order valence-electron chi connectivity index (χ1n) is 2.51. The molecule has 1 rings (SSSR count). The van der Waals surface area contributed by atoms with Gasteiger partial charge >= 0.3 is 0 Å². The van der Waals surface area contributed by atoms with Crippen LogP contribution in [-0.4, -0.2) is 22.2 Å². The van der Waals surface area contributed by atoms with E-state index in [1.54, 1.807) is 19.2 Å². The van der Waals surface area contributed by atoms with Crippen LogP contribution in [0.15, 0.2) is 23.3 Å². The Hall–Kier alpha value is -1.32. The molecule has 4 nitrogen and oxygen atoms in total. The Kier molecular flexibility index (Phi) is 1.48. The summed E-state index contributed by atoms with van der Waals surface area (Å²) in [6.07, 6.45) is 1.48. The number of hydrogen-bond donors (Lipinski definition) is 1. The molecule has 0 amide bonds. The summed E-state index contributed by atoms with van der Waals surface area (Å²) in [5, 5.41) is 12.4. The fourth-order valence-corrected chi connectivity index (χ4v) is 0.521. The molecule has 1 heterocycles. The molecule has 0 saturated heterocycles. The molecule has 0 unspecified atom stereocenters. The van der Waals surface area contributed by atoms with E-state index in [1.165, 1.54) is 6.20 Å². The van der Waals surface area contributed by atoms with Crippen molar-refractivity contribution in [1.82, 2.24) is 9.94 Å². The smallest absolute Gasteiger partial charge is 0.184 e. The zero-order chi connectivity index (χ0) is 6.69. The van der Waals surface area contributed by atoms with E-state index in [9.17, 15) is 0 Å². The highest BCUT2D eigenvalue weighted by molar-refractivity contribution is 4.81.